The van der Waals surface area contributed by atoms with Crippen LogP contribution in [0.15, 0.2) is 24.3 Å². The standard InChI is InChI=1S/C18H29NO2/c1-14-10-17(12-18(2,3)11-14)21-9-8-20-16-6-4-15(13-19)5-7-16/h4-7,14,17H,8-13,19H2,1-3H3. The fraction of sp³-hybridized carbons (Fsp3) is 0.667. The fourth-order valence-electron chi connectivity index (χ4n) is 3.48. The number of hydrogen-bond acceptors (Lipinski definition) is 3. The molecule has 1 aromatic rings. The van der Waals surface area contributed by atoms with E-state index in [0.717, 1.165) is 23.7 Å². The molecule has 2 atom stereocenters. The van der Waals surface area contributed by atoms with Gasteiger partial charge in [0.25, 0.3) is 0 Å². The lowest BCUT2D eigenvalue weighted by molar-refractivity contribution is -0.0317. The summed E-state index contributed by atoms with van der Waals surface area (Å²) >= 11 is 0. The van der Waals surface area contributed by atoms with Crippen LogP contribution in [0.2, 0.25) is 0 Å². The molecule has 3 nitrogen and oxygen atoms in total. The second kappa shape index (κ2) is 7.28. The van der Waals surface area contributed by atoms with Crippen molar-refractivity contribution < 1.29 is 9.47 Å². The van der Waals surface area contributed by atoms with Gasteiger partial charge in [0, 0.05) is 6.54 Å². The Morgan fingerprint density at radius 3 is 2.48 bits per heavy atom. The molecular formula is C18H29NO2. The summed E-state index contributed by atoms with van der Waals surface area (Å²) in [5.74, 6) is 1.64. The first-order valence-electron chi connectivity index (χ1n) is 8.02. The van der Waals surface area contributed by atoms with Gasteiger partial charge in [-0.3, -0.25) is 0 Å². The van der Waals surface area contributed by atoms with Gasteiger partial charge in [-0.1, -0.05) is 32.9 Å². The van der Waals surface area contributed by atoms with Gasteiger partial charge < -0.3 is 15.2 Å². The van der Waals surface area contributed by atoms with Crippen LogP contribution >= 0.6 is 0 Å². The predicted molar refractivity (Wildman–Crippen MR) is 86.4 cm³/mol. The van der Waals surface area contributed by atoms with Gasteiger partial charge in [0.15, 0.2) is 0 Å². The third-order valence-electron chi connectivity index (χ3n) is 4.21. The average Bonchev–Trinajstić information content (AvgIpc) is 2.42. The van der Waals surface area contributed by atoms with E-state index >= 15 is 0 Å². The minimum atomic E-state index is 0.381. The molecule has 0 aromatic heterocycles. The van der Waals surface area contributed by atoms with Crippen molar-refractivity contribution >= 4 is 0 Å². The number of ether oxygens (including phenoxy) is 2. The van der Waals surface area contributed by atoms with Crippen molar-refractivity contribution in [3.63, 3.8) is 0 Å². The zero-order valence-electron chi connectivity index (χ0n) is 13.6. The van der Waals surface area contributed by atoms with E-state index in [9.17, 15) is 0 Å². The molecule has 0 spiro atoms. The van der Waals surface area contributed by atoms with Crippen molar-refractivity contribution in [2.24, 2.45) is 17.1 Å². The van der Waals surface area contributed by atoms with Crippen LogP contribution in [0.3, 0.4) is 0 Å². The average molecular weight is 291 g/mol. The van der Waals surface area contributed by atoms with Crippen molar-refractivity contribution in [2.75, 3.05) is 13.2 Å². The molecular weight excluding hydrogens is 262 g/mol. The van der Waals surface area contributed by atoms with Crippen LogP contribution in [0, 0.1) is 11.3 Å². The Morgan fingerprint density at radius 1 is 1.14 bits per heavy atom. The Labute approximate surface area is 128 Å². The Kier molecular flexibility index (Phi) is 5.65. The van der Waals surface area contributed by atoms with Gasteiger partial charge in [-0.15, -0.1) is 0 Å². The van der Waals surface area contributed by atoms with Crippen LogP contribution in [-0.2, 0) is 11.3 Å². The summed E-state index contributed by atoms with van der Waals surface area (Å²) in [6, 6.07) is 7.94. The van der Waals surface area contributed by atoms with Crippen molar-refractivity contribution in [3.8, 4) is 5.75 Å². The van der Waals surface area contributed by atoms with Gasteiger partial charge in [-0.2, -0.15) is 0 Å². The third-order valence-corrected chi connectivity index (χ3v) is 4.21. The molecule has 0 radical (unpaired) electrons. The van der Waals surface area contributed by atoms with Crippen molar-refractivity contribution in [2.45, 2.75) is 52.7 Å². The molecule has 1 aromatic carbocycles. The lowest BCUT2D eigenvalue weighted by Gasteiger charge is -2.38. The summed E-state index contributed by atoms with van der Waals surface area (Å²) in [6.45, 7) is 8.84. The summed E-state index contributed by atoms with van der Waals surface area (Å²) in [5.41, 5.74) is 7.10. The largest absolute Gasteiger partial charge is 0.491 e. The van der Waals surface area contributed by atoms with Gasteiger partial charge in [0.05, 0.1) is 12.7 Å². The Balaban J connectivity index is 1.69. The summed E-state index contributed by atoms with van der Waals surface area (Å²) in [4.78, 5) is 0. The van der Waals surface area contributed by atoms with Crippen molar-refractivity contribution in [1.82, 2.24) is 0 Å². The summed E-state index contributed by atoms with van der Waals surface area (Å²) in [7, 11) is 0. The van der Waals surface area contributed by atoms with Crippen molar-refractivity contribution in [3.05, 3.63) is 29.8 Å². The first-order chi connectivity index (χ1) is 9.98. The molecule has 1 saturated carbocycles. The Bertz CT molecular complexity index is 427. The maximum Gasteiger partial charge on any atom is 0.119 e. The number of benzene rings is 1. The highest BCUT2D eigenvalue weighted by Gasteiger charge is 2.32. The molecule has 2 rings (SSSR count). The van der Waals surface area contributed by atoms with E-state index in [1.54, 1.807) is 0 Å². The quantitative estimate of drug-likeness (QED) is 0.812. The minimum Gasteiger partial charge on any atom is -0.491 e. The van der Waals surface area contributed by atoms with Gasteiger partial charge in [-0.05, 0) is 48.3 Å². The Morgan fingerprint density at radius 2 is 1.86 bits per heavy atom. The smallest absolute Gasteiger partial charge is 0.119 e. The van der Waals surface area contributed by atoms with Crippen LogP contribution in [0.25, 0.3) is 0 Å². The Hall–Kier alpha value is -1.06. The highest BCUT2D eigenvalue weighted by Crippen LogP contribution is 2.39. The van der Waals surface area contributed by atoms with Crippen LogP contribution < -0.4 is 10.5 Å². The van der Waals surface area contributed by atoms with Gasteiger partial charge in [0.2, 0.25) is 0 Å². The van der Waals surface area contributed by atoms with E-state index in [-0.39, 0.29) is 0 Å². The second-order valence-corrected chi connectivity index (χ2v) is 7.10. The van der Waals surface area contributed by atoms with E-state index < -0.39 is 0 Å². The third kappa shape index (κ3) is 5.33. The summed E-state index contributed by atoms with van der Waals surface area (Å²) in [5, 5.41) is 0. The zero-order valence-corrected chi connectivity index (χ0v) is 13.6. The fourth-order valence-corrected chi connectivity index (χ4v) is 3.48. The minimum absolute atomic E-state index is 0.381. The van der Waals surface area contributed by atoms with Crippen LogP contribution in [-0.4, -0.2) is 19.3 Å². The topological polar surface area (TPSA) is 44.5 Å². The normalized spacial score (nSPS) is 24.8. The highest BCUT2D eigenvalue weighted by molar-refractivity contribution is 5.26. The first-order valence-corrected chi connectivity index (χ1v) is 8.02. The zero-order chi connectivity index (χ0) is 15.3. The lowest BCUT2D eigenvalue weighted by atomic mass is 9.71. The number of rotatable bonds is 6. The molecule has 0 amide bonds. The lowest BCUT2D eigenvalue weighted by Crippen LogP contribution is -2.33. The van der Waals surface area contributed by atoms with Crippen LogP contribution in [0.4, 0.5) is 0 Å². The summed E-state index contributed by atoms with van der Waals surface area (Å²) < 4.78 is 11.7. The SMILES string of the molecule is CC1CC(OCCOc2ccc(CN)cc2)CC(C)(C)C1. The predicted octanol–water partition coefficient (Wildman–Crippen LogP) is 3.76. The van der Waals surface area contributed by atoms with E-state index in [2.05, 4.69) is 20.8 Å². The molecule has 0 bridgehead atoms. The molecule has 3 heteroatoms. The molecule has 21 heavy (non-hydrogen) atoms. The maximum absolute atomic E-state index is 6.01. The highest BCUT2D eigenvalue weighted by atomic mass is 16.5. The van der Waals surface area contributed by atoms with Gasteiger partial charge in [-0.25, -0.2) is 0 Å². The number of hydrogen-bond donors (Lipinski definition) is 1. The first kappa shape index (κ1) is 16.3. The molecule has 1 aliphatic carbocycles. The van der Waals surface area contributed by atoms with E-state index in [4.69, 9.17) is 15.2 Å². The molecule has 1 fully saturated rings. The van der Waals surface area contributed by atoms with E-state index in [1.807, 2.05) is 24.3 Å². The molecule has 0 saturated heterocycles. The molecule has 0 aliphatic heterocycles. The molecule has 118 valence electrons. The van der Waals surface area contributed by atoms with E-state index in [1.165, 1.54) is 12.8 Å². The molecule has 0 heterocycles. The molecule has 2 N–H and O–H groups in total. The number of nitrogens with two attached hydrogens (primary N) is 1. The second-order valence-electron chi connectivity index (χ2n) is 7.10. The van der Waals surface area contributed by atoms with Crippen LogP contribution in [0.1, 0.15) is 45.6 Å². The monoisotopic (exact) mass is 291 g/mol. The summed E-state index contributed by atoms with van der Waals surface area (Å²) in [6.07, 6.45) is 4.01. The molecule has 2 unspecified atom stereocenters. The van der Waals surface area contributed by atoms with Gasteiger partial charge >= 0.3 is 0 Å². The van der Waals surface area contributed by atoms with Gasteiger partial charge in [0.1, 0.15) is 12.4 Å². The van der Waals surface area contributed by atoms with Crippen molar-refractivity contribution in [1.29, 1.82) is 0 Å². The van der Waals surface area contributed by atoms with E-state index in [0.29, 0.717) is 31.3 Å². The van der Waals surface area contributed by atoms with Crippen LogP contribution in [0.5, 0.6) is 5.75 Å². The maximum atomic E-state index is 6.01. The molecule has 1 aliphatic rings.